The van der Waals surface area contributed by atoms with E-state index in [1.54, 1.807) is 5.57 Å². The molecule has 3 atom stereocenters. The molecule has 1 saturated carbocycles. The lowest BCUT2D eigenvalue weighted by molar-refractivity contribution is -0.120. The van der Waals surface area contributed by atoms with Crippen molar-refractivity contribution < 1.29 is 4.79 Å². The Morgan fingerprint density at radius 2 is 2.08 bits per heavy atom. The van der Waals surface area contributed by atoms with Crippen LogP contribution in [0.4, 0.5) is 0 Å². The SMILES string of the molecule is C[C@@H]1CC2=CCCC(C)(C)[C@@H]2C[C@@H]1/C=N\NC(=O)Cc1ccccc1. The summed E-state index contributed by atoms with van der Waals surface area (Å²) < 4.78 is 0. The van der Waals surface area contributed by atoms with Gasteiger partial charge in [-0.15, -0.1) is 0 Å². The highest BCUT2D eigenvalue weighted by atomic mass is 16.2. The summed E-state index contributed by atoms with van der Waals surface area (Å²) in [6.45, 7) is 7.11. The molecule has 134 valence electrons. The van der Waals surface area contributed by atoms with Crippen LogP contribution >= 0.6 is 0 Å². The van der Waals surface area contributed by atoms with E-state index in [0.29, 0.717) is 29.6 Å². The van der Waals surface area contributed by atoms with E-state index in [9.17, 15) is 4.79 Å². The molecular formula is C22H30N2O. The summed E-state index contributed by atoms with van der Waals surface area (Å²) in [7, 11) is 0. The molecule has 3 heteroatoms. The Kier molecular flexibility index (Phi) is 5.41. The average molecular weight is 338 g/mol. The predicted molar refractivity (Wildman–Crippen MR) is 103 cm³/mol. The van der Waals surface area contributed by atoms with Crippen LogP contribution in [0, 0.1) is 23.2 Å². The summed E-state index contributed by atoms with van der Waals surface area (Å²) in [4.78, 5) is 12.0. The van der Waals surface area contributed by atoms with Gasteiger partial charge in [0.2, 0.25) is 5.91 Å². The van der Waals surface area contributed by atoms with Crippen LogP contribution in [-0.4, -0.2) is 12.1 Å². The first-order valence-corrected chi connectivity index (χ1v) is 9.50. The lowest BCUT2D eigenvalue weighted by Crippen LogP contribution is -2.37. The van der Waals surface area contributed by atoms with Crippen LogP contribution < -0.4 is 5.43 Å². The number of allylic oxidation sites excluding steroid dienone is 2. The third kappa shape index (κ3) is 4.39. The highest BCUT2D eigenvalue weighted by Crippen LogP contribution is 2.50. The third-order valence-electron chi connectivity index (χ3n) is 6.05. The molecule has 0 spiro atoms. The normalized spacial score (nSPS) is 28.3. The fraction of sp³-hybridized carbons (Fsp3) is 0.545. The molecule has 25 heavy (non-hydrogen) atoms. The van der Waals surface area contributed by atoms with Crippen LogP contribution in [0.15, 0.2) is 47.1 Å². The molecule has 1 amide bonds. The van der Waals surface area contributed by atoms with Crippen LogP contribution in [0.5, 0.6) is 0 Å². The maximum Gasteiger partial charge on any atom is 0.244 e. The van der Waals surface area contributed by atoms with Crippen LogP contribution in [0.1, 0.15) is 52.0 Å². The molecule has 1 N–H and O–H groups in total. The molecule has 0 aliphatic heterocycles. The first-order chi connectivity index (χ1) is 12.0. The number of hydrazone groups is 1. The molecule has 0 aromatic heterocycles. The summed E-state index contributed by atoms with van der Waals surface area (Å²) in [5.74, 6) is 1.64. The van der Waals surface area contributed by atoms with Crippen molar-refractivity contribution in [2.45, 2.75) is 52.9 Å². The minimum Gasteiger partial charge on any atom is -0.273 e. The predicted octanol–water partition coefficient (Wildman–Crippen LogP) is 4.74. The topological polar surface area (TPSA) is 41.5 Å². The number of benzene rings is 1. The minimum atomic E-state index is -0.0514. The molecular weight excluding hydrogens is 308 g/mol. The van der Waals surface area contributed by atoms with E-state index in [1.165, 1.54) is 19.3 Å². The van der Waals surface area contributed by atoms with Crippen molar-refractivity contribution in [1.29, 1.82) is 0 Å². The molecule has 0 radical (unpaired) electrons. The summed E-state index contributed by atoms with van der Waals surface area (Å²) in [6, 6.07) is 9.79. The molecule has 3 nitrogen and oxygen atoms in total. The zero-order chi connectivity index (χ0) is 17.9. The molecule has 3 rings (SSSR count). The van der Waals surface area contributed by atoms with E-state index >= 15 is 0 Å². The third-order valence-corrected chi connectivity index (χ3v) is 6.05. The van der Waals surface area contributed by atoms with Crippen LogP contribution in [0.3, 0.4) is 0 Å². The Morgan fingerprint density at radius 3 is 2.84 bits per heavy atom. The maximum absolute atomic E-state index is 12.0. The molecule has 0 saturated heterocycles. The highest BCUT2D eigenvalue weighted by Gasteiger charge is 2.40. The van der Waals surface area contributed by atoms with Crippen LogP contribution in [0.25, 0.3) is 0 Å². The van der Waals surface area contributed by atoms with Gasteiger partial charge in [-0.3, -0.25) is 4.79 Å². The van der Waals surface area contributed by atoms with Crippen molar-refractivity contribution >= 4 is 12.1 Å². The smallest absolute Gasteiger partial charge is 0.244 e. The number of hydrogen-bond donors (Lipinski definition) is 1. The maximum atomic E-state index is 12.0. The van der Waals surface area contributed by atoms with E-state index in [2.05, 4.69) is 37.4 Å². The van der Waals surface area contributed by atoms with Crippen molar-refractivity contribution in [3.63, 3.8) is 0 Å². The van der Waals surface area contributed by atoms with Gasteiger partial charge in [0.1, 0.15) is 0 Å². The molecule has 0 heterocycles. The van der Waals surface area contributed by atoms with Crippen molar-refractivity contribution in [2.24, 2.45) is 28.3 Å². The number of nitrogens with zero attached hydrogens (tertiary/aromatic N) is 1. The fourth-order valence-corrected chi connectivity index (χ4v) is 4.41. The van der Waals surface area contributed by atoms with Crippen LogP contribution in [-0.2, 0) is 11.2 Å². The van der Waals surface area contributed by atoms with E-state index < -0.39 is 0 Å². The fourth-order valence-electron chi connectivity index (χ4n) is 4.41. The van der Waals surface area contributed by atoms with Crippen molar-refractivity contribution in [3.05, 3.63) is 47.5 Å². The number of amides is 1. The molecule has 1 fully saturated rings. The molecule has 0 bridgehead atoms. The number of nitrogens with one attached hydrogen (secondary N) is 1. The summed E-state index contributed by atoms with van der Waals surface area (Å²) in [5, 5.41) is 4.28. The van der Waals surface area contributed by atoms with Gasteiger partial charge in [0.15, 0.2) is 0 Å². The lowest BCUT2D eigenvalue weighted by Gasteiger charge is -2.46. The summed E-state index contributed by atoms with van der Waals surface area (Å²) in [6.07, 6.45) is 9.64. The number of carbonyl (C=O) groups excluding carboxylic acids is 1. The van der Waals surface area contributed by atoms with E-state index in [0.717, 1.165) is 12.0 Å². The van der Waals surface area contributed by atoms with Crippen LogP contribution in [0.2, 0.25) is 0 Å². The first kappa shape index (κ1) is 17.9. The van der Waals surface area contributed by atoms with E-state index in [4.69, 9.17) is 0 Å². The van der Waals surface area contributed by atoms with E-state index in [1.807, 2.05) is 36.5 Å². The molecule has 1 aromatic rings. The van der Waals surface area contributed by atoms with Gasteiger partial charge in [-0.25, -0.2) is 5.43 Å². The number of hydrogen-bond acceptors (Lipinski definition) is 2. The van der Waals surface area contributed by atoms with Gasteiger partial charge < -0.3 is 0 Å². The van der Waals surface area contributed by atoms with E-state index in [-0.39, 0.29) is 5.91 Å². The quantitative estimate of drug-likeness (QED) is 0.481. The second kappa shape index (κ2) is 7.55. The minimum absolute atomic E-state index is 0.0514. The number of carbonyl (C=O) groups is 1. The zero-order valence-electron chi connectivity index (χ0n) is 15.7. The second-order valence-corrected chi connectivity index (χ2v) is 8.42. The van der Waals surface area contributed by atoms with Crippen molar-refractivity contribution in [2.75, 3.05) is 0 Å². The lowest BCUT2D eigenvalue weighted by atomic mass is 9.59. The number of fused-ring (bicyclic) bond motifs is 1. The van der Waals surface area contributed by atoms with Gasteiger partial charge in [-0.1, -0.05) is 62.8 Å². The second-order valence-electron chi connectivity index (χ2n) is 8.42. The Balaban J connectivity index is 1.57. The monoisotopic (exact) mass is 338 g/mol. The first-order valence-electron chi connectivity index (χ1n) is 9.50. The van der Waals surface area contributed by atoms with Gasteiger partial charge in [-0.2, -0.15) is 5.10 Å². The van der Waals surface area contributed by atoms with Crippen molar-refractivity contribution in [3.8, 4) is 0 Å². The Morgan fingerprint density at radius 1 is 1.32 bits per heavy atom. The Hall–Kier alpha value is -1.90. The zero-order valence-corrected chi connectivity index (χ0v) is 15.7. The van der Waals surface area contributed by atoms with Gasteiger partial charge in [0.25, 0.3) is 0 Å². The summed E-state index contributed by atoms with van der Waals surface area (Å²) in [5.41, 5.74) is 5.76. The van der Waals surface area contributed by atoms with Gasteiger partial charge in [-0.05, 0) is 54.4 Å². The van der Waals surface area contributed by atoms with Crippen molar-refractivity contribution in [1.82, 2.24) is 5.43 Å². The molecule has 0 unspecified atom stereocenters. The van der Waals surface area contributed by atoms with Gasteiger partial charge in [0, 0.05) is 6.21 Å². The van der Waals surface area contributed by atoms with Gasteiger partial charge in [0.05, 0.1) is 6.42 Å². The van der Waals surface area contributed by atoms with Gasteiger partial charge >= 0.3 is 0 Å². The number of rotatable bonds is 4. The molecule has 2 aliphatic rings. The molecule has 2 aliphatic carbocycles. The largest absolute Gasteiger partial charge is 0.273 e. The molecule has 1 aromatic carbocycles. The Bertz CT molecular complexity index is 660. The highest BCUT2D eigenvalue weighted by molar-refractivity contribution is 5.79. The summed E-state index contributed by atoms with van der Waals surface area (Å²) >= 11 is 0. The standard InChI is InChI=1S/C22H30N2O/c1-16-12-18-10-7-11-22(2,3)20(18)14-19(16)15-23-24-21(25)13-17-8-5-4-6-9-17/h4-6,8-10,15-16,19-20H,7,11-14H2,1-3H3,(H,24,25)/b23-15-/t16-,19-,20-/m1/s1. The average Bonchev–Trinajstić information content (AvgIpc) is 2.56. The Labute approximate surface area is 151 Å².